The van der Waals surface area contributed by atoms with Gasteiger partial charge < -0.3 is 9.80 Å². The summed E-state index contributed by atoms with van der Waals surface area (Å²) in [6.07, 6.45) is 7.10. The van der Waals surface area contributed by atoms with Crippen molar-refractivity contribution in [3.05, 3.63) is 71.4 Å². The first-order chi connectivity index (χ1) is 12.7. The van der Waals surface area contributed by atoms with Crippen LogP contribution in [0.1, 0.15) is 57.1 Å². The molecule has 0 radical (unpaired) electrons. The van der Waals surface area contributed by atoms with Crippen molar-refractivity contribution in [3.63, 3.8) is 0 Å². The van der Waals surface area contributed by atoms with E-state index < -0.39 is 0 Å². The van der Waals surface area contributed by atoms with E-state index in [1.54, 1.807) is 0 Å². The van der Waals surface area contributed by atoms with Crippen molar-refractivity contribution in [2.24, 2.45) is 0 Å². The predicted octanol–water partition coefficient (Wildman–Crippen LogP) is 6.18. The van der Waals surface area contributed by atoms with Crippen molar-refractivity contribution < 1.29 is 0 Å². The SMILES string of the molecule is CC1=C(c2ccccc2)N(C2CCCCC2)C(C)N1c1ccccc1C. The molecule has 1 aliphatic heterocycles. The van der Waals surface area contributed by atoms with Gasteiger partial charge in [0.2, 0.25) is 0 Å². The highest BCUT2D eigenvalue weighted by Gasteiger charge is 2.39. The molecule has 2 aromatic carbocycles. The lowest BCUT2D eigenvalue weighted by atomic mass is 9.93. The van der Waals surface area contributed by atoms with Crippen molar-refractivity contribution >= 4 is 11.4 Å². The molecule has 0 bridgehead atoms. The molecule has 2 heteroatoms. The van der Waals surface area contributed by atoms with Crippen molar-refractivity contribution in [1.82, 2.24) is 4.90 Å². The number of allylic oxidation sites excluding steroid dienone is 1. The van der Waals surface area contributed by atoms with Gasteiger partial charge in [0.25, 0.3) is 0 Å². The molecule has 136 valence electrons. The van der Waals surface area contributed by atoms with Crippen LogP contribution in [0.2, 0.25) is 0 Å². The number of para-hydroxylation sites is 1. The largest absolute Gasteiger partial charge is 0.346 e. The summed E-state index contributed by atoms with van der Waals surface area (Å²) in [4.78, 5) is 5.27. The smallest absolute Gasteiger partial charge is 0.104 e. The Balaban J connectivity index is 1.82. The number of hydrogen-bond acceptors (Lipinski definition) is 2. The average Bonchev–Trinajstić information content (AvgIpc) is 2.94. The molecule has 2 aromatic rings. The van der Waals surface area contributed by atoms with Gasteiger partial charge in [-0.2, -0.15) is 0 Å². The van der Waals surface area contributed by atoms with Crippen LogP contribution in [-0.2, 0) is 0 Å². The third kappa shape index (κ3) is 2.92. The lowest BCUT2D eigenvalue weighted by Crippen LogP contribution is -2.44. The summed E-state index contributed by atoms with van der Waals surface area (Å²) >= 11 is 0. The number of aryl methyl sites for hydroxylation is 1. The lowest BCUT2D eigenvalue weighted by Gasteiger charge is -2.40. The highest BCUT2D eigenvalue weighted by molar-refractivity contribution is 5.77. The Hall–Kier alpha value is -2.22. The van der Waals surface area contributed by atoms with Crippen LogP contribution in [0, 0.1) is 6.92 Å². The van der Waals surface area contributed by atoms with Crippen LogP contribution in [0.25, 0.3) is 5.70 Å². The molecule has 1 fully saturated rings. The third-order valence-electron chi connectivity index (χ3n) is 6.13. The molecule has 1 atom stereocenters. The molecule has 0 spiro atoms. The van der Waals surface area contributed by atoms with E-state index in [0.717, 1.165) is 0 Å². The highest BCUT2D eigenvalue weighted by atomic mass is 15.4. The quantitative estimate of drug-likeness (QED) is 0.654. The molecule has 1 aliphatic carbocycles. The van der Waals surface area contributed by atoms with E-state index >= 15 is 0 Å². The van der Waals surface area contributed by atoms with Crippen LogP contribution < -0.4 is 4.90 Å². The van der Waals surface area contributed by atoms with Gasteiger partial charge in [-0.05, 0) is 50.8 Å². The number of nitrogens with zero attached hydrogens (tertiary/aromatic N) is 2. The lowest BCUT2D eigenvalue weighted by molar-refractivity contribution is 0.199. The van der Waals surface area contributed by atoms with Crippen LogP contribution in [-0.4, -0.2) is 17.1 Å². The predicted molar refractivity (Wildman–Crippen MR) is 111 cm³/mol. The Labute approximate surface area is 158 Å². The Morgan fingerprint density at radius 1 is 0.808 bits per heavy atom. The minimum Gasteiger partial charge on any atom is -0.346 e. The normalized spacial score (nSPS) is 21.6. The summed E-state index contributed by atoms with van der Waals surface area (Å²) < 4.78 is 0. The molecule has 0 N–H and O–H groups in total. The summed E-state index contributed by atoms with van der Waals surface area (Å²) in [5.74, 6) is 0. The molecule has 0 saturated heterocycles. The molecule has 4 rings (SSSR count). The van der Waals surface area contributed by atoms with Crippen molar-refractivity contribution in [1.29, 1.82) is 0 Å². The number of rotatable bonds is 3. The minimum absolute atomic E-state index is 0.356. The molecule has 0 amide bonds. The van der Waals surface area contributed by atoms with Crippen LogP contribution in [0.15, 0.2) is 60.3 Å². The Bertz CT molecular complexity index is 787. The Kier molecular flexibility index (Phi) is 4.76. The molecule has 1 heterocycles. The van der Waals surface area contributed by atoms with E-state index in [0.29, 0.717) is 12.2 Å². The van der Waals surface area contributed by atoms with Crippen molar-refractivity contribution in [2.45, 2.75) is 65.1 Å². The average molecular weight is 347 g/mol. The van der Waals surface area contributed by atoms with Gasteiger partial charge in [-0.15, -0.1) is 0 Å². The molecule has 0 aromatic heterocycles. The highest BCUT2D eigenvalue weighted by Crippen LogP contribution is 2.43. The fourth-order valence-corrected chi connectivity index (χ4v) is 4.91. The fourth-order valence-electron chi connectivity index (χ4n) is 4.91. The maximum atomic E-state index is 2.72. The van der Waals surface area contributed by atoms with E-state index in [1.807, 2.05) is 0 Å². The zero-order chi connectivity index (χ0) is 18.1. The maximum Gasteiger partial charge on any atom is 0.104 e. The van der Waals surface area contributed by atoms with Crippen molar-refractivity contribution in [3.8, 4) is 0 Å². The molecular weight excluding hydrogens is 316 g/mol. The topological polar surface area (TPSA) is 6.48 Å². The summed E-state index contributed by atoms with van der Waals surface area (Å²) in [5.41, 5.74) is 6.83. The van der Waals surface area contributed by atoms with Gasteiger partial charge in [-0.25, -0.2) is 0 Å². The first-order valence-corrected chi connectivity index (χ1v) is 10.1. The number of hydrogen-bond donors (Lipinski definition) is 0. The first kappa shape index (κ1) is 17.2. The fraction of sp³-hybridized carbons (Fsp3) is 0.417. The van der Waals surface area contributed by atoms with Crippen LogP contribution in [0.4, 0.5) is 5.69 Å². The van der Waals surface area contributed by atoms with E-state index in [4.69, 9.17) is 0 Å². The molecule has 2 aliphatic rings. The van der Waals surface area contributed by atoms with Gasteiger partial charge in [0, 0.05) is 17.4 Å². The van der Waals surface area contributed by atoms with Gasteiger partial charge >= 0.3 is 0 Å². The van der Waals surface area contributed by atoms with E-state index in [9.17, 15) is 0 Å². The summed E-state index contributed by atoms with van der Waals surface area (Å²) in [7, 11) is 0. The molecule has 2 nitrogen and oxygen atoms in total. The van der Waals surface area contributed by atoms with Crippen LogP contribution in [0.5, 0.6) is 0 Å². The summed E-state index contributed by atoms with van der Waals surface area (Å²) in [6.45, 7) is 6.90. The third-order valence-corrected chi connectivity index (χ3v) is 6.13. The second-order valence-corrected chi connectivity index (χ2v) is 7.79. The molecule has 26 heavy (non-hydrogen) atoms. The van der Waals surface area contributed by atoms with Crippen LogP contribution >= 0.6 is 0 Å². The molecule has 1 unspecified atom stereocenters. The molecule has 1 saturated carbocycles. The standard InChI is InChI=1S/C24H30N2/c1-18-12-10-11-17-23(18)25-19(2)24(21-13-6-4-7-14-21)26(20(25)3)22-15-8-5-9-16-22/h4,6-7,10-14,17,20,22H,5,8-9,15-16H2,1-3H3. The first-order valence-electron chi connectivity index (χ1n) is 10.1. The summed E-state index contributed by atoms with van der Waals surface area (Å²) in [6, 6.07) is 20.4. The van der Waals surface area contributed by atoms with Gasteiger partial charge in [-0.3, -0.25) is 0 Å². The van der Waals surface area contributed by atoms with E-state index in [1.165, 1.54) is 60.3 Å². The zero-order valence-corrected chi connectivity index (χ0v) is 16.3. The number of anilines is 1. The van der Waals surface area contributed by atoms with Crippen molar-refractivity contribution in [2.75, 3.05) is 4.90 Å². The number of benzene rings is 2. The van der Waals surface area contributed by atoms with E-state index in [2.05, 4.69) is 85.2 Å². The Morgan fingerprint density at radius 3 is 2.15 bits per heavy atom. The maximum absolute atomic E-state index is 2.72. The summed E-state index contributed by atoms with van der Waals surface area (Å²) in [5, 5.41) is 0. The molecular formula is C24H30N2. The van der Waals surface area contributed by atoms with Gasteiger partial charge in [0.15, 0.2) is 0 Å². The van der Waals surface area contributed by atoms with Crippen LogP contribution in [0.3, 0.4) is 0 Å². The monoisotopic (exact) mass is 346 g/mol. The second-order valence-electron chi connectivity index (χ2n) is 7.79. The van der Waals surface area contributed by atoms with E-state index in [-0.39, 0.29) is 0 Å². The zero-order valence-electron chi connectivity index (χ0n) is 16.3. The van der Waals surface area contributed by atoms with Gasteiger partial charge in [0.1, 0.15) is 6.17 Å². The van der Waals surface area contributed by atoms with Gasteiger partial charge in [0.05, 0.1) is 5.70 Å². The van der Waals surface area contributed by atoms with Gasteiger partial charge in [-0.1, -0.05) is 67.8 Å². The Morgan fingerprint density at radius 2 is 1.46 bits per heavy atom. The minimum atomic E-state index is 0.356. The second kappa shape index (κ2) is 7.19.